The molecule has 0 aliphatic rings. The first-order chi connectivity index (χ1) is 18.3. The summed E-state index contributed by atoms with van der Waals surface area (Å²) in [7, 11) is 0. The van der Waals surface area contributed by atoms with Crippen LogP contribution in [0.2, 0.25) is 0 Å². The van der Waals surface area contributed by atoms with Crippen LogP contribution in [0.4, 0.5) is 17.1 Å². The van der Waals surface area contributed by atoms with Crippen LogP contribution in [0, 0.1) is 0 Å². The van der Waals surface area contributed by atoms with E-state index in [1.54, 1.807) is 0 Å². The van der Waals surface area contributed by atoms with Crippen LogP contribution >= 0.6 is 11.3 Å². The average Bonchev–Trinajstić information content (AvgIpc) is 3.53. The molecule has 0 radical (unpaired) electrons. The maximum Gasteiger partial charge on any atom is 0.159 e. The predicted octanol–water partition coefficient (Wildman–Crippen LogP) is 10.6. The Morgan fingerprint density at radius 2 is 1.27 bits per heavy atom. The first-order valence-corrected chi connectivity index (χ1v) is 13.3. The Labute approximate surface area is 217 Å². The van der Waals surface area contributed by atoms with Crippen molar-refractivity contribution in [3.05, 3.63) is 127 Å². The molecule has 8 rings (SSSR count). The van der Waals surface area contributed by atoms with Gasteiger partial charge in [-0.1, -0.05) is 78.9 Å². The van der Waals surface area contributed by atoms with E-state index in [-0.39, 0.29) is 0 Å². The molecule has 3 heteroatoms. The standard InChI is InChI=1S/C34H21NOS/c1-2-9-23(10-3-1)35(29-14-8-13-26-25-11-4-6-15-30(25)36-34(26)29)24-19-17-22-18-20-32-33(28(22)21-24)27-12-5-7-16-31(27)37-32/h1-21H. The van der Waals surface area contributed by atoms with Crippen LogP contribution in [-0.4, -0.2) is 0 Å². The second kappa shape index (κ2) is 7.95. The van der Waals surface area contributed by atoms with Crippen LogP contribution in [0.25, 0.3) is 52.9 Å². The summed E-state index contributed by atoms with van der Waals surface area (Å²) in [5, 5.41) is 7.42. The molecule has 0 aliphatic heterocycles. The summed E-state index contributed by atoms with van der Waals surface area (Å²) >= 11 is 1.86. The van der Waals surface area contributed by atoms with E-state index in [2.05, 4.69) is 120 Å². The van der Waals surface area contributed by atoms with E-state index in [1.165, 1.54) is 30.9 Å². The third-order valence-electron chi connectivity index (χ3n) is 7.24. The Balaban J connectivity index is 1.44. The molecule has 37 heavy (non-hydrogen) atoms. The van der Waals surface area contributed by atoms with Crippen molar-refractivity contribution in [1.82, 2.24) is 0 Å². The summed E-state index contributed by atoms with van der Waals surface area (Å²) in [4.78, 5) is 2.32. The summed E-state index contributed by atoms with van der Waals surface area (Å²) < 4.78 is 9.11. The molecule has 0 N–H and O–H groups in total. The quantitative estimate of drug-likeness (QED) is 0.244. The lowest BCUT2D eigenvalue weighted by Gasteiger charge is -2.26. The number of fused-ring (bicyclic) bond motifs is 8. The van der Waals surface area contributed by atoms with Crippen LogP contribution in [0.5, 0.6) is 0 Å². The lowest BCUT2D eigenvalue weighted by Crippen LogP contribution is -2.10. The summed E-state index contributed by atoms with van der Waals surface area (Å²) in [6.45, 7) is 0. The highest BCUT2D eigenvalue weighted by Gasteiger charge is 2.20. The molecule has 8 aromatic rings. The molecule has 0 bridgehead atoms. The van der Waals surface area contributed by atoms with Crippen LogP contribution in [0.1, 0.15) is 0 Å². The van der Waals surface area contributed by atoms with Crippen molar-refractivity contribution in [2.75, 3.05) is 4.90 Å². The average molecular weight is 492 g/mol. The van der Waals surface area contributed by atoms with Crippen LogP contribution < -0.4 is 4.90 Å². The highest BCUT2D eigenvalue weighted by atomic mass is 32.1. The van der Waals surface area contributed by atoms with Gasteiger partial charge in [-0.05, 0) is 59.3 Å². The number of furan rings is 1. The maximum absolute atomic E-state index is 6.47. The number of rotatable bonds is 3. The molecule has 2 heterocycles. The molecule has 0 unspecified atom stereocenters. The van der Waals surface area contributed by atoms with Gasteiger partial charge in [0.05, 0.1) is 5.69 Å². The van der Waals surface area contributed by atoms with E-state index < -0.39 is 0 Å². The van der Waals surface area contributed by atoms with Gasteiger partial charge in [-0.2, -0.15) is 0 Å². The molecule has 0 amide bonds. The zero-order valence-electron chi connectivity index (χ0n) is 19.9. The van der Waals surface area contributed by atoms with Crippen molar-refractivity contribution in [2.45, 2.75) is 0 Å². The van der Waals surface area contributed by atoms with E-state index in [0.29, 0.717) is 0 Å². The Morgan fingerprint density at radius 1 is 0.514 bits per heavy atom. The Kier molecular flexibility index (Phi) is 4.42. The molecule has 0 saturated heterocycles. The molecule has 6 aromatic carbocycles. The fraction of sp³-hybridized carbons (Fsp3) is 0. The molecular formula is C34H21NOS. The number of hydrogen-bond acceptors (Lipinski definition) is 3. The molecule has 0 aliphatic carbocycles. The minimum Gasteiger partial charge on any atom is -0.454 e. The zero-order valence-corrected chi connectivity index (χ0v) is 20.7. The van der Waals surface area contributed by atoms with Crippen molar-refractivity contribution >= 4 is 81.3 Å². The minimum atomic E-state index is 0.895. The number of thiophene rings is 1. The minimum absolute atomic E-state index is 0.895. The van der Waals surface area contributed by atoms with Crippen molar-refractivity contribution in [3.63, 3.8) is 0 Å². The van der Waals surface area contributed by atoms with E-state index >= 15 is 0 Å². The lowest BCUT2D eigenvalue weighted by atomic mass is 10.0. The molecule has 2 nitrogen and oxygen atoms in total. The largest absolute Gasteiger partial charge is 0.454 e. The molecule has 0 fully saturated rings. The summed E-state index contributed by atoms with van der Waals surface area (Å²) in [6.07, 6.45) is 0. The number of anilines is 3. The van der Waals surface area contributed by atoms with Crippen molar-refractivity contribution in [2.24, 2.45) is 0 Å². The second-order valence-electron chi connectivity index (χ2n) is 9.37. The number of para-hydroxylation sites is 3. The van der Waals surface area contributed by atoms with Crippen molar-refractivity contribution in [3.8, 4) is 0 Å². The van der Waals surface area contributed by atoms with Crippen LogP contribution in [-0.2, 0) is 0 Å². The fourth-order valence-electron chi connectivity index (χ4n) is 5.58. The van der Waals surface area contributed by atoms with Crippen molar-refractivity contribution in [1.29, 1.82) is 0 Å². The maximum atomic E-state index is 6.47. The first-order valence-electron chi connectivity index (χ1n) is 12.4. The molecule has 0 atom stereocenters. The third kappa shape index (κ3) is 3.11. The lowest BCUT2D eigenvalue weighted by molar-refractivity contribution is 0.669. The van der Waals surface area contributed by atoms with Crippen molar-refractivity contribution < 1.29 is 4.42 Å². The summed E-state index contributed by atoms with van der Waals surface area (Å²) in [5.74, 6) is 0. The van der Waals surface area contributed by atoms with E-state index in [1.807, 2.05) is 23.5 Å². The Hall–Kier alpha value is -4.60. The van der Waals surface area contributed by atoms with Gasteiger partial charge in [0.15, 0.2) is 5.58 Å². The van der Waals surface area contributed by atoms with E-state index in [4.69, 9.17) is 4.42 Å². The van der Waals surface area contributed by atoms with Gasteiger partial charge in [0.25, 0.3) is 0 Å². The second-order valence-corrected chi connectivity index (χ2v) is 10.4. The third-order valence-corrected chi connectivity index (χ3v) is 8.38. The zero-order chi connectivity index (χ0) is 24.3. The molecule has 0 spiro atoms. The van der Waals surface area contributed by atoms with Gasteiger partial charge < -0.3 is 9.32 Å². The van der Waals surface area contributed by atoms with Gasteiger partial charge in [0.1, 0.15) is 5.58 Å². The fourth-order valence-corrected chi connectivity index (χ4v) is 6.70. The van der Waals surface area contributed by atoms with Gasteiger partial charge >= 0.3 is 0 Å². The van der Waals surface area contributed by atoms with E-state index in [9.17, 15) is 0 Å². The van der Waals surface area contributed by atoms with Gasteiger partial charge in [0.2, 0.25) is 0 Å². The SMILES string of the molecule is c1ccc(N(c2ccc3ccc4sc5ccccc5c4c3c2)c2cccc3c2oc2ccccc23)cc1. The van der Waals surface area contributed by atoms with Gasteiger partial charge in [-0.25, -0.2) is 0 Å². The highest BCUT2D eigenvalue weighted by molar-refractivity contribution is 7.26. The van der Waals surface area contributed by atoms with Gasteiger partial charge in [-0.15, -0.1) is 11.3 Å². The number of benzene rings is 6. The number of nitrogens with zero attached hydrogens (tertiary/aromatic N) is 1. The smallest absolute Gasteiger partial charge is 0.159 e. The summed E-state index contributed by atoms with van der Waals surface area (Å²) in [5.41, 5.74) is 5.03. The highest BCUT2D eigenvalue weighted by Crippen LogP contribution is 2.44. The van der Waals surface area contributed by atoms with Gasteiger partial charge in [0, 0.05) is 42.3 Å². The topological polar surface area (TPSA) is 16.4 Å². The van der Waals surface area contributed by atoms with Gasteiger partial charge in [-0.3, -0.25) is 0 Å². The van der Waals surface area contributed by atoms with Crippen LogP contribution in [0.15, 0.2) is 132 Å². The molecular weight excluding hydrogens is 470 g/mol. The van der Waals surface area contributed by atoms with E-state index in [0.717, 1.165) is 39.0 Å². The summed E-state index contributed by atoms with van der Waals surface area (Å²) in [6, 6.07) is 45.3. The Morgan fingerprint density at radius 3 is 2.19 bits per heavy atom. The Bertz CT molecular complexity index is 2100. The molecule has 0 saturated carbocycles. The molecule has 174 valence electrons. The monoisotopic (exact) mass is 491 g/mol. The van der Waals surface area contributed by atoms with Crippen LogP contribution in [0.3, 0.4) is 0 Å². The predicted molar refractivity (Wildman–Crippen MR) is 159 cm³/mol. The first kappa shape index (κ1) is 20.6. The number of hydrogen-bond donors (Lipinski definition) is 0. The normalized spacial score (nSPS) is 11.8. The molecule has 2 aromatic heterocycles.